The standard InChI is InChI=1S/C19H23N5O3/c1-27-17-4-2-3-15(11-17)5-6-20-19-21-12-16(13-22-19)18(26)24-9-7-23(14-25)8-10-24/h2-4,11-14H,5-10H2,1H3,(H,20,21,22). The van der Waals surface area contributed by atoms with Crippen molar-refractivity contribution in [2.75, 3.05) is 45.2 Å². The molecule has 1 aliphatic rings. The first-order valence-corrected chi connectivity index (χ1v) is 8.87. The van der Waals surface area contributed by atoms with Gasteiger partial charge in [-0.25, -0.2) is 9.97 Å². The van der Waals surface area contributed by atoms with Gasteiger partial charge in [-0.05, 0) is 24.1 Å². The molecular formula is C19H23N5O3. The summed E-state index contributed by atoms with van der Waals surface area (Å²) in [6, 6.07) is 7.90. The van der Waals surface area contributed by atoms with Gasteiger partial charge in [0.15, 0.2) is 0 Å². The Labute approximate surface area is 158 Å². The van der Waals surface area contributed by atoms with E-state index in [1.54, 1.807) is 16.9 Å². The summed E-state index contributed by atoms with van der Waals surface area (Å²) in [6.45, 7) is 2.84. The van der Waals surface area contributed by atoms with Crippen LogP contribution < -0.4 is 10.1 Å². The van der Waals surface area contributed by atoms with Crippen molar-refractivity contribution >= 4 is 18.3 Å². The molecule has 1 aromatic heterocycles. The SMILES string of the molecule is COc1cccc(CCNc2ncc(C(=O)N3CCN(C=O)CC3)cn2)c1. The van der Waals surface area contributed by atoms with Crippen LogP contribution in [0.3, 0.4) is 0 Å². The van der Waals surface area contributed by atoms with E-state index < -0.39 is 0 Å². The average Bonchev–Trinajstić information content (AvgIpc) is 2.74. The maximum absolute atomic E-state index is 12.5. The molecule has 1 aliphatic heterocycles. The van der Waals surface area contributed by atoms with Crippen molar-refractivity contribution in [3.63, 3.8) is 0 Å². The van der Waals surface area contributed by atoms with Gasteiger partial charge in [0.25, 0.3) is 5.91 Å². The quantitative estimate of drug-likeness (QED) is 0.734. The van der Waals surface area contributed by atoms with Gasteiger partial charge in [0.05, 0.1) is 12.7 Å². The number of carbonyl (C=O) groups is 2. The van der Waals surface area contributed by atoms with Crippen LogP contribution in [0.25, 0.3) is 0 Å². The van der Waals surface area contributed by atoms with Gasteiger partial charge in [-0.15, -0.1) is 0 Å². The fourth-order valence-corrected chi connectivity index (χ4v) is 2.89. The lowest BCUT2D eigenvalue weighted by molar-refractivity contribution is -0.119. The molecule has 0 saturated carbocycles. The second-order valence-corrected chi connectivity index (χ2v) is 6.26. The van der Waals surface area contributed by atoms with E-state index in [4.69, 9.17) is 4.74 Å². The zero-order chi connectivity index (χ0) is 19.1. The molecule has 0 atom stereocenters. The van der Waals surface area contributed by atoms with E-state index in [0.29, 0.717) is 44.2 Å². The Morgan fingerprint density at radius 3 is 2.63 bits per heavy atom. The molecule has 1 aromatic carbocycles. The fraction of sp³-hybridized carbons (Fsp3) is 0.368. The molecule has 27 heavy (non-hydrogen) atoms. The largest absolute Gasteiger partial charge is 0.497 e. The van der Waals surface area contributed by atoms with Crippen LogP contribution in [0.5, 0.6) is 5.75 Å². The molecule has 1 saturated heterocycles. The van der Waals surface area contributed by atoms with Crippen LogP contribution in [-0.4, -0.2) is 71.9 Å². The molecule has 1 fully saturated rings. The van der Waals surface area contributed by atoms with E-state index in [1.807, 2.05) is 24.3 Å². The van der Waals surface area contributed by atoms with Crippen LogP contribution in [0, 0.1) is 0 Å². The third kappa shape index (κ3) is 4.93. The number of rotatable bonds is 7. The highest BCUT2D eigenvalue weighted by atomic mass is 16.5. The second kappa shape index (κ2) is 8.98. The summed E-state index contributed by atoms with van der Waals surface area (Å²) in [6.07, 6.45) is 4.70. The van der Waals surface area contributed by atoms with Crippen LogP contribution >= 0.6 is 0 Å². The van der Waals surface area contributed by atoms with Gasteiger partial charge < -0.3 is 19.9 Å². The van der Waals surface area contributed by atoms with Gasteiger partial charge >= 0.3 is 0 Å². The number of anilines is 1. The van der Waals surface area contributed by atoms with Crippen LogP contribution in [0.4, 0.5) is 5.95 Å². The smallest absolute Gasteiger partial charge is 0.257 e. The number of carbonyl (C=O) groups excluding carboxylic acids is 2. The number of methoxy groups -OCH3 is 1. The highest BCUT2D eigenvalue weighted by Crippen LogP contribution is 2.13. The molecular weight excluding hydrogens is 346 g/mol. The molecule has 8 heteroatoms. The molecule has 2 aromatic rings. The van der Waals surface area contributed by atoms with Crippen LogP contribution in [-0.2, 0) is 11.2 Å². The van der Waals surface area contributed by atoms with Gasteiger partial charge in [0.1, 0.15) is 5.75 Å². The number of hydrogen-bond acceptors (Lipinski definition) is 6. The third-order valence-electron chi connectivity index (χ3n) is 4.48. The Kier molecular flexibility index (Phi) is 6.19. The summed E-state index contributed by atoms with van der Waals surface area (Å²) < 4.78 is 5.22. The number of hydrogen-bond donors (Lipinski definition) is 1. The van der Waals surface area contributed by atoms with Gasteiger partial charge in [-0.2, -0.15) is 0 Å². The molecule has 0 unspecified atom stereocenters. The van der Waals surface area contributed by atoms with Gasteiger partial charge in [0.2, 0.25) is 12.4 Å². The minimum absolute atomic E-state index is 0.108. The number of ether oxygens (including phenoxy) is 1. The van der Waals surface area contributed by atoms with Crippen molar-refractivity contribution in [3.05, 3.63) is 47.8 Å². The predicted molar refractivity (Wildman–Crippen MR) is 101 cm³/mol. The van der Waals surface area contributed by atoms with Crippen molar-refractivity contribution in [2.45, 2.75) is 6.42 Å². The Morgan fingerprint density at radius 1 is 1.22 bits per heavy atom. The Bertz CT molecular complexity index is 773. The van der Waals surface area contributed by atoms with E-state index in [-0.39, 0.29) is 5.91 Å². The predicted octanol–water partition coefficient (Wildman–Crippen LogP) is 1.05. The summed E-state index contributed by atoms with van der Waals surface area (Å²) in [5, 5.41) is 3.16. The van der Waals surface area contributed by atoms with Crippen LogP contribution in [0.1, 0.15) is 15.9 Å². The summed E-state index contributed by atoms with van der Waals surface area (Å²) in [5.74, 6) is 1.21. The zero-order valence-electron chi connectivity index (χ0n) is 15.3. The van der Waals surface area contributed by atoms with E-state index in [0.717, 1.165) is 24.1 Å². The van der Waals surface area contributed by atoms with E-state index >= 15 is 0 Å². The topological polar surface area (TPSA) is 87.7 Å². The van der Waals surface area contributed by atoms with E-state index in [2.05, 4.69) is 15.3 Å². The van der Waals surface area contributed by atoms with Gasteiger partial charge in [0, 0.05) is 45.1 Å². The molecule has 2 amide bonds. The normalized spacial score (nSPS) is 14.0. The highest BCUT2D eigenvalue weighted by Gasteiger charge is 2.21. The minimum atomic E-state index is -0.108. The maximum Gasteiger partial charge on any atom is 0.257 e. The number of nitrogens with one attached hydrogen (secondary N) is 1. The first kappa shape index (κ1) is 18.6. The molecule has 142 valence electrons. The summed E-state index contributed by atoms with van der Waals surface area (Å²) in [7, 11) is 1.65. The maximum atomic E-state index is 12.5. The lowest BCUT2D eigenvalue weighted by atomic mass is 10.1. The van der Waals surface area contributed by atoms with Gasteiger partial charge in [-0.1, -0.05) is 12.1 Å². The molecule has 0 aliphatic carbocycles. The molecule has 0 bridgehead atoms. The molecule has 0 spiro atoms. The van der Waals surface area contributed by atoms with Crippen LogP contribution in [0.15, 0.2) is 36.7 Å². The molecule has 1 N–H and O–H groups in total. The van der Waals surface area contributed by atoms with Crippen molar-refractivity contribution in [1.29, 1.82) is 0 Å². The van der Waals surface area contributed by atoms with E-state index in [1.165, 1.54) is 12.4 Å². The average molecular weight is 369 g/mol. The number of aromatic nitrogens is 2. The van der Waals surface area contributed by atoms with Crippen LogP contribution in [0.2, 0.25) is 0 Å². The zero-order valence-corrected chi connectivity index (χ0v) is 15.3. The summed E-state index contributed by atoms with van der Waals surface area (Å²) >= 11 is 0. The highest BCUT2D eigenvalue weighted by molar-refractivity contribution is 5.93. The third-order valence-corrected chi connectivity index (χ3v) is 4.48. The molecule has 0 radical (unpaired) electrons. The lowest BCUT2D eigenvalue weighted by Gasteiger charge is -2.32. The first-order chi connectivity index (χ1) is 13.2. The van der Waals surface area contributed by atoms with Crippen molar-refractivity contribution in [3.8, 4) is 5.75 Å². The molecule has 2 heterocycles. The fourth-order valence-electron chi connectivity index (χ4n) is 2.89. The van der Waals surface area contributed by atoms with Crippen molar-refractivity contribution < 1.29 is 14.3 Å². The summed E-state index contributed by atoms with van der Waals surface area (Å²) in [5.41, 5.74) is 1.61. The Balaban J connectivity index is 1.49. The van der Waals surface area contributed by atoms with E-state index in [9.17, 15) is 9.59 Å². The number of piperazine rings is 1. The number of benzene rings is 1. The van der Waals surface area contributed by atoms with Crippen molar-refractivity contribution in [1.82, 2.24) is 19.8 Å². The molecule has 3 rings (SSSR count). The lowest BCUT2D eigenvalue weighted by Crippen LogP contribution is -2.48. The number of amides is 2. The van der Waals surface area contributed by atoms with Crippen molar-refractivity contribution in [2.24, 2.45) is 0 Å². The second-order valence-electron chi connectivity index (χ2n) is 6.26. The molecule has 8 nitrogen and oxygen atoms in total. The van der Waals surface area contributed by atoms with Gasteiger partial charge in [-0.3, -0.25) is 9.59 Å². The monoisotopic (exact) mass is 369 g/mol. The minimum Gasteiger partial charge on any atom is -0.497 e. The Hall–Kier alpha value is -3.16. The Morgan fingerprint density at radius 2 is 1.96 bits per heavy atom. The number of nitrogens with zero attached hydrogens (tertiary/aromatic N) is 4. The summed E-state index contributed by atoms with van der Waals surface area (Å²) in [4.78, 5) is 35.1. The first-order valence-electron chi connectivity index (χ1n) is 8.87.